The molecule has 1 aliphatic rings. The highest BCUT2D eigenvalue weighted by Gasteiger charge is 2.34. The number of nitrogens with one attached hydrogen (secondary N) is 2. The summed E-state index contributed by atoms with van der Waals surface area (Å²) < 4.78 is 0.801. The van der Waals surface area contributed by atoms with E-state index in [1.165, 1.54) is 0 Å². The summed E-state index contributed by atoms with van der Waals surface area (Å²) in [6.45, 7) is 0. The SMILES string of the molecule is O=C(Cc1c[nH]c2ccccc12)NN1C(=O)c2cccc3c(Br)ccc(c23)C1=O. The van der Waals surface area contributed by atoms with Crippen LogP contribution in [0.2, 0.25) is 0 Å². The molecule has 2 heterocycles. The fraction of sp³-hybridized carbons (Fsp3) is 0.0455. The van der Waals surface area contributed by atoms with Crippen LogP contribution < -0.4 is 5.43 Å². The number of aromatic nitrogens is 1. The van der Waals surface area contributed by atoms with E-state index in [1.807, 2.05) is 30.3 Å². The van der Waals surface area contributed by atoms with Crippen molar-refractivity contribution in [2.45, 2.75) is 6.42 Å². The normalized spacial score (nSPS) is 13.3. The molecular weight excluding hydrogens is 434 g/mol. The number of carbonyl (C=O) groups excluding carboxylic acids is 3. The number of imide groups is 1. The van der Waals surface area contributed by atoms with Gasteiger partial charge in [0.05, 0.1) is 17.5 Å². The average molecular weight is 448 g/mol. The molecule has 3 aromatic carbocycles. The lowest BCUT2D eigenvalue weighted by Crippen LogP contribution is -2.52. The van der Waals surface area contributed by atoms with Crippen molar-refractivity contribution in [2.24, 2.45) is 0 Å². The van der Waals surface area contributed by atoms with E-state index < -0.39 is 17.7 Å². The van der Waals surface area contributed by atoms with E-state index in [-0.39, 0.29) is 6.42 Å². The second kappa shape index (κ2) is 6.56. The average Bonchev–Trinajstić information content (AvgIpc) is 3.13. The van der Waals surface area contributed by atoms with Crippen LogP contribution in [0.15, 0.2) is 65.3 Å². The molecule has 0 unspecified atom stereocenters. The Morgan fingerprint density at radius 3 is 2.48 bits per heavy atom. The summed E-state index contributed by atoms with van der Waals surface area (Å²) in [6.07, 6.45) is 1.80. The van der Waals surface area contributed by atoms with Gasteiger partial charge in [-0.25, -0.2) is 0 Å². The first kappa shape index (κ1) is 17.6. The van der Waals surface area contributed by atoms with Crippen molar-refractivity contribution in [3.8, 4) is 0 Å². The summed E-state index contributed by atoms with van der Waals surface area (Å²) >= 11 is 3.46. The van der Waals surface area contributed by atoms with Gasteiger partial charge in [0.25, 0.3) is 11.8 Å². The Hall–Kier alpha value is -3.45. The van der Waals surface area contributed by atoms with Gasteiger partial charge in [0.2, 0.25) is 5.91 Å². The maximum atomic E-state index is 12.9. The lowest BCUT2D eigenvalue weighted by atomic mass is 9.95. The summed E-state index contributed by atoms with van der Waals surface area (Å²) in [6, 6.07) is 16.3. The molecule has 1 aromatic heterocycles. The predicted molar refractivity (Wildman–Crippen MR) is 112 cm³/mol. The molecule has 0 saturated heterocycles. The molecule has 0 fully saturated rings. The molecule has 142 valence electrons. The van der Waals surface area contributed by atoms with Crippen LogP contribution in [0.5, 0.6) is 0 Å². The minimum absolute atomic E-state index is 0.0401. The summed E-state index contributed by atoms with van der Waals surface area (Å²) in [4.78, 5) is 41.6. The van der Waals surface area contributed by atoms with Gasteiger partial charge in [-0.1, -0.05) is 46.3 Å². The zero-order valence-electron chi connectivity index (χ0n) is 15.0. The maximum absolute atomic E-state index is 12.9. The molecule has 29 heavy (non-hydrogen) atoms. The molecule has 1 aliphatic heterocycles. The zero-order valence-corrected chi connectivity index (χ0v) is 16.6. The van der Waals surface area contributed by atoms with Crippen molar-refractivity contribution in [2.75, 3.05) is 0 Å². The van der Waals surface area contributed by atoms with E-state index in [4.69, 9.17) is 0 Å². The van der Waals surface area contributed by atoms with Gasteiger partial charge in [-0.2, -0.15) is 5.01 Å². The molecule has 5 rings (SSSR count). The Balaban J connectivity index is 1.46. The third kappa shape index (κ3) is 2.74. The second-order valence-electron chi connectivity index (χ2n) is 6.84. The van der Waals surface area contributed by atoms with Gasteiger partial charge in [0, 0.05) is 27.0 Å². The van der Waals surface area contributed by atoms with Gasteiger partial charge in [-0.05, 0) is 35.2 Å². The number of halogens is 1. The van der Waals surface area contributed by atoms with Crippen LogP contribution in [0.25, 0.3) is 21.7 Å². The predicted octanol–water partition coefficient (Wildman–Crippen LogP) is 3.95. The van der Waals surface area contributed by atoms with Crippen LogP contribution in [0.3, 0.4) is 0 Å². The van der Waals surface area contributed by atoms with Gasteiger partial charge in [0.15, 0.2) is 0 Å². The molecular formula is C22H14BrN3O3. The van der Waals surface area contributed by atoms with Crippen LogP contribution in [0.1, 0.15) is 26.3 Å². The molecule has 7 heteroatoms. The number of hydrazine groups is 1. The quantitative estimate of drug-likeness (QED) is 0.466. The number of benzene rings is 3. The Labute approximate surface area is 173 Å². The maximum Gasteiger partial charge on any atom is 0.280 e. The summed E-state index contributed by atoms with van der Waals surface area (Å²) in [5, 5.41) is 3.12. The van der Waals surface area contributed by atoms with Crippen molar-refractivity contribution in [1.29, 1.82) is 0 Å². The van der Waals surface area contributed by atoms with E-state index in [2.05, 4.69) is 26.3 Å². The summed E-state index contributed by atoms with van der Waals surface area (Å²) in [5.74, 6) is -1.53. The van der Waals surface area contributed by atoms with E-state index in [0.717, 1.165) is 31.3 Å². The fourth-order valence-electron chi connectivity index (χ4n) is 3.78. The Morgan fingerprint density at radius 2 is 1.66 bits per heavy atom. The lowest BCUT2D eigenvalue weighted by Gasteiger charge is -2.27. The fourth-order valence-corrected chi connectivity index (χ4v) is 4.24. The van der Waals surface area contributed by atoms with Gasteiger partial charge in [-0.3, -0.25) is 19.8 Å². The Morgan fingerprint density at radius 1 is 0.931 bits per heavy atom. The molecule has 0 atom stereocenters. The number of nitrogens with zero attached hydrogens (tertiary/aromatic N) is 1. The highest BCUT2D eigenvalue weighted by atomic mass is 79.9. The molecule has 0 spiro atoms. The first-order valence-corrected chi connectivity index (χ1v) is 9.78. The van der Waals surface area contributed by atoms with Gasteiger partial charge < -0.3 is 4.98 Å². The molecule has 2 N–H and O–H groups in total. The van der Waals surface area contributed by atoms with Gasteiger partial charge in [-0.15, -0.1) is 0 Å². The largest absolute Gasteiger partial charge is 0.361 e. The van der Waals surface area contributed by atoms with Crippen molar-refractivity contribution in [3.05, 3.63) is 82.0 Å². The number of aromatic amines is 1. The smallest absolute Gasteiger partial charge is 0.280 e. The van der Waals surface area contributed by atoms with Crippen LogP contribution in [-0.2, 0) is 11.2 Å². The van der Waals surface area contributed by atoms with E-state index in [0.29, 0.717) is 16.5 Å². The zero-order chi connectivity index (χ0) is 20.1. The number of carbonyl (C=O) groups is 3. The van der Waals surface area contributed by atoms with Crippen LogP contribution in [-0.4, -0.2) is 27.7 Å². The minimum atomic E-state index is -0.543. The van der Waals surface area contributed by atoms with Crippen LogP contribution in [0, 0.1) is 0 Å². The Kier molecular flexibility index (Phi) is 3.99. The standard InChI is InChI=1S/C22H14BrN3O3/c23-17-9-8-16-20-14(17)5-3-6-15(20)21(28)26(22(16)29)25-19(27)10-12-11-24-18-7-2-1-4-13(12)18/h1-9,11,24H,10H2,(H,25,27). The highest BCUT2D eigenvalue weighted by molar-refractivity contribution is 9.10. The van der Waals surface area contributed by atoms with Crippen LogP contribution >= 0.6 is 15.9 Å². The molecule has 4 aromatic rings. The number of para-hydroxylation sites is 1. The number of amides is 3. The molecule has 0 saturated carbocycles. The molecule has 3 amide bonds. The molecule has 6 nitrogen and oxygen atoms in total. The number of H-pyrrole nitrogens is 1. The van der Waals surface area contributed by atoms with E-state index >= 15 is 0 Å². The minimum Gasteiger partial charge on any atom is -0.361 e. The van der Waals surface area contributed by atoms with Gasteiger partial charge >= 0.3 is 0 Å². The number of hydrogen-bond donors (Lipinski definition) is 2. The lowest BCUT2D eigenvalue weighted by molar-refractivity contribution is -0.123. The Bertz CT molecular complexity index is 1320. The number of hydrogen-bond acceptors (Lipinski definition) is 3. The third-order valence-corrected chi connectivity index (χ3v) is 5.81. The van der Waals surface area contributed by atoms with Crippen molar-refractivity contribution in [3.63, 3.8) is 0 Å². The monoisotopic (exact) mass is 447 g/mol. The van der Waals surface area contributed by atoms with E-state index in [1.54, 1.807) is 30.5 Å². The molecule has 0 radical (unpaired) electrons. The van der Waals surface area contributed by atoms with Crippen LogP contribution in [0.4, 0.5) is 0 Å². The first-order chi connectivity index (χ1) is 14.0. The summed E-state index contributed by atoms with van der Waals surface area (Å²) in [7, 11) is 0. The van der Waals surface area contributed by atoms with Crippen molar-refractivity contribution < 1.29 is 14.4 Å². The summed E-state index contributed by atoms with van der Waals surface area (Å²) in [5.41, 5.74) is 4.97. The molecule has 0 bridgehead atoms. The third-order valence-electron chi connectivity index (χ3n) is 5.12. The van der Waals surface area contributed by atoms with Gasteiger partial charge in [0.1, 0.15) is 0 Å². The highest BCUT2D eigenvalue weighted by Crippen LogP contribution is 2.33. The first-order valence-electron chi connectivity index (χ1n) is 8.99. The second-order valence-corrected chi connectivity index (χ2v) is 7.69. The van der Waals surface area contributed by atoms with Crippen molar-refractivity contribution >= 4 is 55.3 Å². The molecule has 0 aliphatic carbocycles. The van der Waals surface area contributed by atoms with Crippen molar-refractivity contribution in [1.82, 2.24) is 15.4 Å². The number of fused-ring (bicyclic) bond motifs is 1. The van der Waals surface area contributed by atoms with E-state index in [9.17, 15) is 14.4 Å². The topological polar surface area (TPSA) is 82.3 Å². The number of rotatable bonds is 3.